The average Bonchev–Trinajstić information content (AvgIpc) is 3.69. The van der Waals surface area contributed by atoms with E-state index in [0.29, 0.717) is 49.2 Å². The predicted molar refractivity (Wildman–Crippen MR) is 130 cm³/mol. The molecule has 0 saturated heterocycles. The number of anilines is 1. The second-order valence-electron chi connectivity index (χ2n) is 9.15. The molecule has 0 aromatic heterocycles. The molecule has 0 spiro atoms. The van der Waals surface area contributed by atoms with Gasteiger partial charge in [0.15, 0.2) is 0 Å². The lowest BCUT2D eigenvalue weighted by Gasteiger charge is -2.25. The van der Waals surface area contributed by atoms with E-state index in [0.717, 1.165) is 18.9 Å². The molecule has 0 radical (unpaired) electrons. The van der Waals surface area contributed by atoms with Gasteiger partial charge in [0.2, 0.25) is 5.91 Å². The summed E-state index contributed by atoms with van der Waals surface area (Å²) in [5, 5.41) is 5.98. The van der Waals surface area contributed by atoms with Gasteiger partial charge in [-0.25, -0.2) is 0 Å². The first-order chi connectivity index (χ1) is 17.3. The highest BCUT2D eigenvalue weighted by Crippen LogP contribution is 2.34. The zero-order valence-corrected chi connectivity index (χ0v) is 20.2. The first-order valence-corrected chi connectivity index (χ1v) is 12.1. The lowest BCUT2D eigenvalue weighted by molar-refractivity contribution is -0.139. The second-order valence-corrected chi connectivity index (χ2v) is 9.15. The second kappa shape index (κ2) is 11.2. The van der Waals surface area contributed by atoms with E-state index in [1.807, 2.05) is 0 Å². The van der Waals surface area contributed by atoms with E-state index in [9.17, 15) is 22.8 Å². The van der Waals surface area contributed by atoms with Crippen molar-refractivity contribution < 1.29 is 27.5 Å². The molecular weight excluding hydrogens is 473 g/mol. The topological polar surface area (TPSA) is 73.9 Å². The molecule has 7 nitrogen and oxygen atoms in total. The standard InChI is InChI=1S/C26H31F3N4O3/c1-30-11-12-32(17-19-5-2-3-6-20(19)26(27,28)29)23(34)15-31-21-7-4-8-22-24(21)25(35)33(13-14-36-22)16-18-9-10-18/h2-8,18,30-31H,9-17H2,1H3. The van der Waals surface area contributed by atoms with E-state index in [1.165, 1.54) is 23.1 Å². The van der Waals surface area contributed by atoms with Gasteiger partial charge < -0.3 is 25.2 Å². The van der Waals surface area contributed by atoms with Crippen LogP contribution in [0.1, 0.15) is 34.3 Å². The van der Waals surface area contributed by atoms with Crippen LogP contribution in [0.25, 0.3) is 0 Å². The summed E-state index contributed by atoms with van der Waals surface area (Å²) in [5.41, 5.74) is 0.125. The Balaban J connectivity index is 1.50. The molecule has 2 amide bonds. The van der Waals surface area contributed by atoms with E-state index < -0.39 is 11.7 Å². The Morgan fingerprint density at radius 1 is 1.17 bits per heavy atom. The molecule has 194 valence electrons. The summed E-state index contributed by atoms with van der Waals surface area (Å²) in [6.45, 7) is 1.87. The molecule has 1 aliphatic carbocycles. The number of fused-ring (bicyclic) bond motifs is 1. The van der Waals surface area contributed by atoms with Crippen molar-refractivity contribution >= 4 is 17.5 Å². The average molecular weight is 505 g/mol. The number of carbonyl (C=O) groups is 2. The van der Waals surface area contributed by atoms with Gasteiger partial charge in [0, 0.05) is 26.2 Å². The van der Waals surface area contributed by atoms with Gasteiger partial charge in [-0.2, -0.15) is 13.2 Å². The van der Waals surface area contributed by atoms with Crippen LogP contribution < -0.4 is 15.4 Å². The van der Waals surface area contributed by atoms with Crippen molar-refractivity contribution in [2.45, 2.75) is 25.6 Å². The minimum Gasteiger partial charge on any atom is -0.491 e. The maximum Gasteiger partial charge on any atom is 0.416 e. The Morgan fingerprint density at radius 2 is 1.94 bits per heavy atom. The van der Waals surface area contributed by atoms with Crippen LogP contribution in [-0.2, 0) is 17.5 Å². The van der Waals surface area contributed by atoms with Crippen molar-refractivity contribution in [1.82, 2.24) is 15.1 Å². The zero-order valence-electron chi connectivity index (χ0n) is 20.2. The number of benzene rings is 2. The van der Waals surface area contributed by atoms with E-state index in [1.54, 1.807) is 30.1 Å². The largest absolute Gasteiger partial charge is 0.491 e. The summed E-state index contributed by atoms with van der Waals surface area (Å²) in [6, 6.07) is 10.5. The highest BCUT2D eigenvalue weighted by molar-refractivity contribution is 6.03. The molecule has 10 heteroatoms. The van der Waals surface area contributed by atoms with Crippen LogP contribution in [0.5, 0.6) is 5.75 Å². The molecule has 36 heavy (non-hydrogen) atoms. The number of likely N-dealkylation sites (N-methyl/N-ethyl adjacent to an activating group) is 1. The van der Waals surface area contributed by atoms with Crippen LogP contribution in [-0.4, -0.2) is 68.0 Å². The van der Waals surface area contributed by atoms with Gasteiger partial charge in [-0.1, -0.05) is 24.3 Å². The lowest BCUT2D eigenvalue weighted by atomic mass is 10.1. The van der Waals surface area contributed by atoms with Gasteiger partial charge in [-0.05, 0) is 49.6 Å². The third-order valence-electron chi connectivity index (χ3n) is 6.42. The minimum atomic E-state index is -4.51. The summed E-state index contributed by atoms with van der Waals surface area (Å²) in [6.07, 6.45) is -2.28. The van der Waals surface area contributed by atoms with Crippen molar-refractivity contribution in [3.63, 3.8) is 0 Å². The van der Waals surface area contributed by atoms with Crippen molar-refractivity contribution in [3.05, 3.63) is 59.2 Å². The van der Waals surface area contributed by atoms with E-state index in [4.69, 9.17) is 4.74 Å². The molecule has 1 aliphatic heterocycles. The van der Waals surface area contributed by atoms with E-state index >= 15 is 0 Å². The third-order valence-corrected chi connectivity index (χ3v) is 6.42. The first-order valence-electron chi connectivity index (χ1n) is 12.1. The molecule has 4 rings (SSSR count). The number of alkyl halides is 3. The van der Waals surface area contributed by atoms with E-state index in [-0.39, 0.29) is 37.0 Å². The number of ether oxygens (including phenoxy) is 1. The summed E-state index contributed by atoms with van der Waals surface area (Å²) < 4.78 is 46.3. The van der Waals surface area contributed by atoms with Gasteiger partial charge in [0.25, 0.3) is 5.91 Å². The molecule has 0 bridgehead atoms. The molecule has 2 aromatic carbocycles. The van der Waals surface area contributed by atoms with Crippen LogP contribution in [0.3, 0.4) is 0 Å². The van der Waals surface area contributed by atoms with Gasteiger partial charge >= 0.3 is 6.18 Å². The molecular formula is C26H31F3N4O3. The van der Waals surface area contributed by atoms with Crippen LogP contribution in [0.2, 0.25) is 0 Å². The molecule has 0 atom stereocenters. The summed E-state index contributed by atoms with van der Waals surface area (Å²) >= 11 is 0. The summed E-state index contributed by atoms with van der Waals surface area (Å²) in [7, 11) is 1.71. The number of hydrogen-bond acceptors (Lipinski definition) is 5. The predicted octanol–water partition coefficient (Wildman–Crippen LogP) is 3.61. The molecule has 1 fully saturated rings. The Bertz CT molecular complexity index is 1090. The zero-order chi connectivity index (χ0) is 25.7. The van der Waals surface area contributed by atoms with Crippen molar-refractivity contribution in [3.8, 4) is 5.75 Å². The van der Waals surface area contributed by atoms with E-state index in [2.05, 4.69) is 10.6 Å². The fourth-order valence-corrected chi connectivity index (χ4v) is 4.29. The van der Waals surface area contributed by atoms with Gasteiger partial charge in [0.05, 0.1) is 24.3 Å². The van der Waals surface area contributed by atoms with Crippen molar-refractivity contribution in [1.29, 1.82) is 0 Å². The number of rotatable bonds is 10. The fourth-order valence-electron chi connectivity index (χ4n) is 4.29. The van der Waals surface area contributed by atoms with Crippen molar-refractivity contribution in [2.75, 3.05) is 51.7 Å². The minimum absolute atomic E-state index is 0.0299. The van der Waals surface area contributed by atoms with Crippen LogP contribution in [0.15, 0.2) is 42.5 Å². The van der Waals surface area contributed by atoms with Crippen molar-refractivity contribution in [2.24, 2.45) is 5.92 Å². The van der Waals surface area contributed by atoms with Gasteiger partial charge in [-0.15, -0.1) is 0 Å². The Labute approximate surface area is 208 Å². The first kappa shape index (κ1) is 25.8. The molecule has 2 aliphatic rings. The normalized spacial score (nSPS) is 15.7. The smallest absolute Gasteiger partial charge is 0.416 e. The number of nitrogens with one attached hydrogen (secondary N) is 2. The molecule has 2 N–H and O–H groups in total. The van der Waals surface area contributed by atoms with Crippen LogP contribution >= 0.6 is 0 Å². The summed E-state index contributed by atoms with van der Waals surface area (Å²) in [5.74, 6) is 0.465. The van der Waals surface area contributed by atoms with Gasteiger partial charge in [0.1, 0.15) is 17.9 Å². The fraction of sp³-hybridized carbons (Fsp3) is 0.462. The molecule has 2 aromatic rings. The maximum absolute atomic E-state index is 13.5. The highest BCUT2D eigenvalue weighted by atomic mass is 19.4. The number of carbonyl (C=O) groups excluding carboxylic acids is 2. The van der Waals surface area contributed by atoms with Crippen LogP contribution in [0.4, 0.5) is 18.9 Å². The Kier molecular flexibility index (Phi) is 8.03. The SMILES string of the molecule is CNCCN(Cc1ccccc1C(F)(F)F)C(=O)CNc1cccc2c1C(=O)N(CC1CC1)CCO2. The molecule has 1 heterocycles. The number of amides is 2. The monoisotopic (exact) mass is 504 g/mol. The third kappa shape index (κ3) is 6.29. The number of halogens is 3. The number of nitrogens with zero attached hydrogens (tertiary/aromatic N) is 2. The maximum atomic E-state index is 13.5. The number of hydrogen-bond donors (Lipinski definition) is 2. The highest BCUT2D eigenvalue weighted by Gasteiger charge is 2.34. The Morgan fingerprint density at radius 3 is 2.67 bits per heavy atom. The quantitative estimate of drug-likeness (QED) is 0.517. The molecule has 1 saturated carbocycles. The van der Waals surface area contributed by atoms with Gasteiger partial charge in [-0.3, -0.25) is 9.59 Å². The lowest BCUT2D eigenvalue weighted by Crippen LogP contribution is -2.39. The molecule has 0 unspecified atom stereocenters. The Hall–Kier alpha value is -3.27. The van der Waals surface area contributed by atoms with Crippen LogP contribution in [0, 0.1) is 5.92 Å². The summed E-state index contributed by atoms with van der Waals surface area (Å²) in [4.78, 5) is 29.6.